The van der Waals surface area contributed by atoms with E-state index in [0.29, 0.717) is 10.6 Å². The standard InChI is InChI=1S/C28H36N4O3S3/c1-15(2)32-25(20-13-36-22-12-17(5)10-11-18(20)22)30-31-28(32)37-14-23(33)29-26-24(27(34)35-16(3)4)19-8-6-7-9-21(19)38-26/h13,15-17H,6-12,14H2,1-5H3,(H,29,33). The Kier molecular flexibility index (Phi) is 8.30. The first kappa shape index (κ1) is 27.4. The summed E-state index contributed by atoms with van der Waals surface area (Å²) in [6.45, 7) is 10.3. The second-order valence-electron chi connectivity index (χ2n) is 10.9. The first-order valence-electron chi connectivity index (χ1n) is 13.6. The number of esters is 1. The maximum Gasteiger partial charge on any atom is 0.341 e. The zero-order chi connectivity index (χ0) is 27.0. The van der Waals surface area contributed by atoms with E-state index >= 15 is 0 Å². The van der Waals surface area contributed by atoms with Gasteiger partial charge in [0.2, 0.25) is 5.91 Å². The van der Waals surface area contributed by atoms with E-state index in [-0.39, 0.29) is 29.8 Å². The van der Waals surface area contributed by atoms with Crippen LogP contribution >= 0.6 is 34.4 Å². The van der Waals surface area contributed by atoms with Gasteiger partial charge >= 0.3 is 5.97 Å². The molecule has 3 aromatic heterocycles. The van der Waals surface area contributed by atoms with Crippen molar-refractivity contribution in [3.05, 3.63) is 31.8 Å². The van der Waals surface area contributed by atoms with Crippen LogP contribution in [0.25, 0.3) is 11.4 Å². The average molecular weight is 573 g/mol. The molecule has 1 N–H and O–H groups in total. The first-order chi connectivity index (χ1) is 18.2. The minimum atomic E-state index is -0.347. The summed E-state index contributed by atoms with van der Waals surface area (Å²) in [5.74, 6) is 1.29. The quantitative estimate of drug-likeness (QED) is 0.232. The second kappa shape index (κ2) is 11.5. The van der Waals surface area contributed by atoms with Crippen LogP contribution < -0.4 is 5.32 Å². The van der Waals surface area contributed by atoms with Gasteiger partial charge in [-0.15, -0.1) is 32.9 Å². The Hall–Kier alpha value is -2.17. The summed E-state index contributed by atoms with van der Waals surface area (Å²) in [5.41, 5.74) is 4.19. The summed E-state index contributed by atoms with van der Waals surface area (Å²) in [7, 11) is 0. The van der Waals surface area contributed by atoms with E-state index in [0.717, 1.165) is 61.0 Å². The molecule has 3 aromatic rings. The zero-order valence-corrected chi connectivity index (χ0v) is 25.2. The Morgan fingerprint density at radius 2 is 1.92 bits per heavy atom. The van der Waals surface area contributed by atoms with Gasteiger partial charge in [0.1, 0.15) is 5.00 Å². The summed E-state index contributed by atoms with van der Waals surface area (Å²) in [6.07, 6.45) is 7.15. The van der Waals surface area contributed by atoms with Gasteiger partial charge in [-0.2, -0.15) is 0 Å². The van der Waals surface area contributed by atoms with Crippen molar-refractivity contribution in [1.29, 1.82) is 0 Å². The van der Waals surface area contributed by atoms with E-state index in [4.69, 9.17) is 4.74 Å². The van der Waals surface area contributed by atoms with E-state index in [9.17, 15) is 9.59 Å². The summed E-state index contributed by atoms with van der Waals surface area (Å²) in [5, 5.41) is 15.7. The van der Waals surface area contributed by atoms with Gasteiger partial charge < -0.3 is 10.1 Å². The molecule has 0 spiro atoms. The molecule has 2 aliphatic carbocycles. The molecule has 10 heteroatoms. The third-order valence-electron chi connectivity index (χ3n) is 7.13. The second-order valence-corrected chi connectivity index (χ2v) is 13.9. The Morgan fingerprint density at radius 3 is 2.68 bits per heavy atom. The van der Waals surface area contributed by atoms with Gasteiger partial charge in [0.25, 0.3) is 0 Å². The van der Waals surface area contributed by atoms with Crippen LogP contribution in [0.2, 0.25) is 0 Å². The molecule has 2 aliphatic rings. The van der Waals surface area contributed by atoms with Crippen LogP contribution in [0.1, 0.15) is 91.2 Å². The number of rotatable bonds is 8. The number of thiophene rings is 2. The van der Waals surface area contributed by atoms with Crippen molar-refractivity contribution in [3.8, 4) is 11.4 Å². The molecule has 0 radical (unpaired) electrons. The Bertz CT molecular complexity index is 1340. The molecule has 1 unspecified atom stereocenters. The smallest absolute Gasteiger partial charge is 0.341 e. The number of ether oxygens (including phenoxy) is 1. The number of carbonyl (C=O) groups is 2. The Labute approximate surface area is 236 Å². The van der Waals surface area contributed by atoms with E-state index in [2.05, 4.69) is 46.2 Å². The number of fused-ring (bicyclic) bond motifs is 2. The monoisotopic (exact) mass is 572 g/mol. The minimum Gasteiger partial charge on any atom is -0.459 e. The Morgan fingerprint density at radius 1 is 1.13 bits per heavy atom. The van der Waals surface area contributed by atoms with E-state index in [1.165, 1.54) is 50.4 Å². The van der Waals surface area contributed by atoms with Gasteiger partial charge in [0.15, 0.2) is 11.0 Å². The molecule has 204 valence electrons. The highest BCUT2D eigenvalue weighted by Crippen LogP contribution is 2.40. The third kappa shape index (κ3) is 5.58. The lowest BCUT2D eigenvalue weighted by Crippen LogP contribution is -2.19. The largest absolute Gasteiger partial charge is 0.459 e. The molecule has 5 rings (SSSR count). The van der Waals surface area contributed by atoms with Gasteiger partial charge in [-0.05, 0) is 89.7 Å². The van der Waals surface area contributed by atoms with Crippen molar-refractivity contribution < 1.29 is 14.3 Å². The fourth-order valence-electron chi connectivity index (χ4n) is 5.33. The number of nitrogens with one attached hydrogen (secondary N) is 1. The highest BCUT2D eigenvalue weighted by atomic mass is 32.2. The van der Waals surface area contributed by atoms with Gasteiger partial charge in [0, 0.05) is 26.7 Å². The zero-order valence-electron chi connectivity index (χ0n) is 22.8. The van der Waals surface area contributed by atoms with Crippen LogP contribution in [0, 0.1) is 5.92 Å². The van der Waals surface area contributed by atoms with Gasteiger partial charge in [0.05, 0.1) is 17.4 Å². The maximum absolute atomic E-state index is 13.1. The van der Waals surface area contributed by atoms with Crippen LogP contribution in [0.15, 0.2) is 10.5 Å². The molecule has 0 aliphatic heterocycles. The molecule has 1 atom stereocenters. The number of hydrogen-bond acceptors (Lipinski definition) is 8. The summed E-state index contributed by atoms with van der Waals surface area (Å²) < 4.78 is 7.67. The third-order valence-corrected chi connectivity index (χ3v) is 10.3. The number of carbonyl (C=O) groups excluding carboxylic acids is 2. The lowest BCUT2D eigenvalue weighted by Gasteiger charge is -2.19. The van der Waals surface area contributed by atoms with E-state index < -0.39 is 0 Å². The molecular formula is C28H36N4O3S3. The topological polar surface area (TPSA) is 86.1 Å². The maximum atomic E-state index is 13.1. The highest BCUT2D eigenvalue weighted by molar-refractivity contribution is 7.99. The van der Waals surface area contributed by atoms with Crippen molar-refractivity contribution in [1.82, 2.24) is 14.8 Å². The SMILES string of the molecule is CC1CCc2c(-c3nnc(SCC(=O)Nc4sc5c(c4C(=O)OC(C)C)CCCC5)n3C(C)C)csc2C1. The van der Waals surface area contributed by atoms with Crippen LogP contribution in [0.5, 0.6) is 0 Å². The van der Waals surface area contributed by atoms with Crippen molar-refractivity contribution in [3.63, 3.8) is 0 Å². The fraction of sp³-hybridized carbons (Fsp3) is 0.571. The number of nitrogens with zero attached hydrogens (tertiary/aromatic N) is 3. The number of aryl methyl sites for hydroxylation is 1. The molecule has 3 heterocycles. The first-order valence-corrected chi connectivity index (χ1v) is 16.2. The van der Waals surface area contributed by atoms with Crippen molar-refractivity contribution >= 4 is 51.3 Å². The summed E-state index contributed by atoms with van der Waals surface area (Å²) in [4.78, 5) is 28.7. The normalized spacial score (nSPS) is 17.0. The predicted octanol–water partition coefficient (Wildman–Crippen LogP) is 6.95. The molecule has 0 saturated carbocycles. The number of thioether (sulfide) groups is 1. The molecule has 0 fully saturated rings. The Balaban J connectivity index is 1.33. The summed E-state index contributed by atoms with van der Waals surface area (Å²) >= 11 is 4.73. The lowest BCUT2D eigenvalue weighted by atomic mass is 9.88. The molecule has 0 bridgehead atoms. The van der Waals surface area contributed by atoms with Crippen molar-refractivity contribution in [2.75, 3.05) is 11.1 Å². The molecule has 0 aromatic carbocycles. The molecular weight excluding hydrogens is 537 g/mol. The number of anilines is 1. The van der Waals surface area contributed by atoms with Crippen molar-refractivity contribution in [2.24, 2.45) is 5.92 Å². The average Bonchev–Trinajstić information content (AvgIpc) is 3.56. The number of amides is 1. The van der Waals surface area contributed by atoms with E-state index in [1.54, 1.807) is 0 Å². The van der Waals surface area contributed by atoms with Crippen LogP contribution in [-0.2, 0) is 35.2 Å². The van der Waals surface area contributed by atoms with Crippen LogP contribution in [-0.4, -0.2) is 38.5 Å². The number of aromatic nitrogens is 3. The van der Waals surface area contributed by atoms with Gasteiger partial charge in [-0.1, -0.05) is 18.7 Å². The summed E-state index contributed by atoms with van der Waals surface area (Å²) in [6, 6.07) is 0.157. The fourth-order valence-corrected chi connectivity index (χ4v) is 8.73. The van der Waals surface area contributed by atoms with Gasteiger partial charge in [-0.25, -0.2) is 4.79 Å². The van der Waals surface area contributed by atoms with Crippen LogP contribution in [0.4, 0.5) is 5.00 Å². The molecule has 7 nitrogen and oxygen atoms in total. The molecule has 1 amide bonds. The highest BCUT2D eigenvalue weighted by Gasteiger charge is 2.29. The molecule has 0 saturated heterocycles. The predicted molar refractivity (Wildman–Crippen MR) is 156 cm³/mol. The molecule has 38 heavy (non-hydrogen) atoms. The number of hydrogen-bond donors (Lipinski definition) is 1. The minimum absolute atomic E-state index is 0.157. The lowest BCUT2D eigenvalue weighted by molar-refractivity contribution is -0.113. The van der Waals surface area contributed by atoms with Crippen molar-refractivity contribution in [2.45, 2.75) is 96.9 Å². The van der Waals surface area contributed by atoms with E-state index in [1.807, 2.05) is 25.2 Å². The van der Waals surface area contributed by atoms with Crippen LogP contribution in [0.3, 0.4) is 0 Å². The van der Waals surface area contributed by atoms with Gasteiger partial charge in [-0.3, -0.25) is 9.36 Å².